The van der Waals surface area contributed by atoms with E-state index in [0.29, 0.717) is 12.2 Å². The van der Waals surface area contributed by atoms with Gasteiger partial charge in [0.1, 0.15) is 5.75 Å². The largest absolute Gasteiger partial charge is 0.494 e. The quantitative estimate of drug-likeness (QED) is 0.918. The van der Waals surface area contributed by atoms with Crippen LogP contribution >= 0.6 is 0 Å². The first-order valence-electron chi connectivity index (χ1n) is 7.87. The molecule has 1 aliphatic carbocycles. The summed E-state index contributed by atoms with van der Waals surface area (Å²) in [5, 5.41) is 3.12. The van der Waals surface area contributed by atoms with Gasteiger partial charge in [0.15, 0.2) is 0 Å². The molecule has 0 heterocycles. The zero-order valence-corrected chi connectivity index (χ0v) is 12.8. The molecule has 0 fully saturated rings. The molecule has 0 saturated carbocycles. The minimum absolute atomic E-state index is 0.0140. The predicted molar refractivity (Wildman–Crippen MR) is 87.3 cm³/mol. The van der Waals surface area contributed by atoms with Gasteiger partial charge in [-0.2, -0.15) is 0 Å². The molecule has 1 amide bonds. The molecule has 2 aromatic rings. The molecule has 0 saturated heterocycles. The van der Waals surface area contributed by atoms with E-state index in [0.717, 1.165) is 25.0 Å². The molecule has 0 radical (unpaired) electrons. The van der Waals surface area contributed by atoms with Crippen molar-refractivity contribution < 1.29 is 9.53 Å². The van der Waals surface area contributed by atoms with E-state index in [9.17, 15) is 4.79 Å². The molecule has 3 heteroatoms. The molecular weight excluding hydrogens is 274 g/mol. The second-order valence-electron chi connectivity index (χ2n) is 5.72. The van der Waals surface area contributed by atoms with Crippen LogP contribution in [0.2, 0.25) is 0 Å². The summed E-state index contributed by atoms with van der Waals surface area (Å²) in [7, 11) is 0. The molecule has 0 aliphatic heterocycles. The van der Waals surface area contributed by atoms with Gasteiger partial charge >= 0.3 is 0 Å². The zero-order chi connectivity index (χ0) is 15.4. The molecule has 1 aliphatic rings. The number of ether oxygens (including phenoxy) is 1. The van der Waals surface area contributed by atoms with E-state index in [1.54, 1.807) is 0 Å². The Hall–Kier alpha value is -2.29. The lowest BCUT2D eigenvalue weighted by molar-refractivity contribution is 0.0938. The third-order valence-electron chi connectivity index (χ3n) is 3.98. The third kappa shape index (κ3) is 3.30. The first kappa shape index (κ1) is 14.6. The number of amides is 1. The first-order valence-corrected chi connectivity index (χ1v) is 7.87. The monoisotopic (exact) mass is 295 g/mol. The highest BCUT2D eigenvalue weighted by molar-refractivity contribution is 5.94. The number of benzene rings is 2. The SMILES string of the molecule is CCCOc1ccc(C(=O)NC2Cc3ccccc3C2)cc1. The average Bonchev–Trinajstić information content (AvgIpc) is 2.95. The van der Waals surface area contributed by atoms with Crippen LogP contribution < -0.4 is 10.1 Å². The van der Waals surface area contributed by atoms with Crippen LogP contribution in [0.25, 0.3) is 0 Å². The molecule has 114 valence electrons. The van der Waals surface area contributed by atoms with Crippen molar-refractivity contribution in [3.63, 3.8) is 0 Å². The normalized spacial score (nSPS) is 13.7. The average molecular weight is 295 g/mol. The molecule has 0 bridgehead atoms. The number of carbonyl (C=O) groups excluding carboxylic acids is 1. The van der Waals surface area contributed by atoms with Gasteiger partial charge in [-0.3, -0.25) is 4.79 Å². The van der Waals surface area contributed by atoms with Gasteiger partial charge < -0.3 is 10.1 Å². The fraction of sp³-hybridized carbons (Fsp3) is 0.316. The molecule has 3 nitrogen and oxygen atoms in total. The van der Waals surface area contributed by atoms with Crippen molar-refractivity contribution in [2.75, 3.05) is 6.61 Å². The van der Waals surface area contributed by atoms with Gasteiger partial charge in [0, 0.05) is 11.6 Å². The molecule has 1 N–H and O–H groups in total. The number of fused-ring (bicyclic) bond motifs is 1. The highest BCUT2D eigenvalue weighted by atomic mass is 16.5. The molecule has 0 atom stereocenters. The van der Waals surface area contributed by atoms with Crippen LogP contribution in [0, 0.1) is 0 Å². The van der Waals surface area contributed by atoms with Crippen LogP contribution in [0.4, 0.5) is 0 Å². The summed E-state index contributed by atoms with van der Waals surface area (Å²) in [4.78, 5) is 12.3. The number of hydrogen-bond donors (Lipinski definition) is 1. The van der Waals surface area contributed by atoms with E-state index in [-0.39, 0.29) is 11.9 Å². The van der Waals surface area contributed by atoms with Gasteiger partial charge in [0.25, 0.3) is 5.91 Å². The van der Waals surface area contributed by atoms with Crippen LogP contribution in [0.3, 0.4) is 0 Å². The van der Waals surface area contributed by atoms with Gasteiger partial charge in [-0.15, -0.1) is 0 Å². The standard InChI is InChI=1S/C19H21NO2/c1-2-11-22-18-9-7-14(8-10-18)19(21)20-17-12-15-5-3-4-6-16(15)13-17/h3-10,17H,2,11-13H2,1H3,(H,20,21). The summed E-state index contributed by atoms with van der Waals surface area (Å²) >= 11 is 0. The van der Waals surface area contributed by atoms with Crippen LogP contribution in [-0.4, -0.2) is 18.6 Å². The summed E-state index contributed by atoms with van der Waals surface area (Å²) in [6.45, 7) is 2.77. The summed E-state index contributed by atoms with van der Waals surface area (Å²) in [5.41, 5.74) is 3.37. The number of hydrogen-bond acceptors (Lipinski definition) is 2. The molecule has 0 spiro atoms. The fourth-order valence-electron chi connectivity index (χ4n) is 2.85. The summed E-state index contributed by atoms with van der Waals surface area (Å²) in [5.74, 6) is 0.798. The van der Waals surface area contributed by atoms with Gasteiger partial charge in [-0.1, -0.05) is 31.2 Å². The highest BCUT2D eigenvalue weighted by Gasteiger charge is 2.22. The van der Waals surface area contributed by atoms with Crippen molar-refractivity contribution in [1.82, 2.24) is 5.32 Å². The number of nitrogens with one attached hydrogen (secondary N) is 1. The lowest BCUT2D eigenvalue weighted by Crippen LogP contribution is -2.35. The number of rotatable bonds is 5. The molecule has 22 heavy (non-hydrogen) atoms. The van der Waals surface area contributed by atoms with E-state index >= 15 is 0 Å². The maximum absolute atomic E-state index is 12.3. The van der Waals surface area contributed by atoms with Crippen LogP contribution in [0.5, 0.6) is 5.75 Å². The Balaban J connectivity index is 1.59. The van der Waals surface area contributed by atoms with Gasteiger partial charge in [-0.25, -0.2) is 0 Å². The highest BCUT2D eigenvalue weighted by Crippen LogP contribution is 2.22. The second-order valence-corrected chi connectivity index (χ2v) is 5.72. The van der Waals surface area contributed by atoms with Gasteiger partial charge in [-0.05, 0) is 54.7 Å². The van der Waals surface area contributed by atoms with Gasteiger partial charge in [0.05, 0.1) is 6.61 Å². The summed E-state index contributed by atoms with van der Waals surface area (Å²) in [6.07, 6.45) is 2.81. The summed E-state index contributed by atoms with van der Waals surface area (Å²) in [6, 6.07) is 15.9. The molecule has 0 unspecified atom stereocenters. The van der Waals surface area contributed by atoms with Crippen molar-refractivity contribution >= 4 is 5.91 Å². The topological polar surface area (TPSA) is 38.3 Å². The minimum Gasteiger partial charge on any atom is -0.494 e. The Labute approximate surface area is 131 Å². The Morgan fingerprint density at radius 2 is 1.73 bits per heavy atom. The minimum atomic E-state index is -0.0140. The van der Waals surface area contributed by atoms with Crippen LogP contribution in [0.15, 0.2) is 48.5 Å². The maximum Gasteiger partial charge on any atom is 0.251 e. The fourth-order valence-corrected chi connectivity index (χ4v) is 2.85. The molecule has 0 aromatic heterocycles. The Morgan fingerprint density at radius 3 is 2.32 bits per heavy atom. The van der Waals surface area contributed by atoms with E-state index in [2.05, 4.69) is 36.5 Å². The summed E-state index contributed by atoms with van der Waals surface area (Å²) < 4.78 is 5.53. The maximum atomic E-state index is 12.3. The van der Waals surface area contributed by atoms with Crippen molar-refractivity contribution in [2.24, 2.45) is 0 Å². The smallest absolute Gasteiger partial charge is 0.251 e. The Kier molecular flexibility index (Phi) is 4.42. The van der Waals surface area contributed by atoms with Crippen LogP contribution in [0.1, 0.15) is 34.8 Å². The molecule has 2 aromatic carbocycles. The lowest BCUT2D eigenvalue weighted by Gasteiger charge is -2.12. The van der Waals surface area contributed by atoms with Gasteiger partial charge in [0.2, 0.25) is 0 Å². The Morgan fingerprint density at radius 1 is 1.09 bits per heavy atom. The van der Waals surface area contributed by atoms with E-state index < -0.39 is 0 Å². The van der Waals surface area contributed by atoms with Crippen molar-refractivity contribution in [2.45, 2.75) is 32.2 Å². The second kappa shape index (κ2) is 6.65. The van der Waals surface area contributed by atoms with E-state index in [4.69, 9.17) is 4.74 Å². The zero-order valence-electron chi connectivity index (χ0n) is 12.8. The van der Waals surface area contributed by atoms with E-state index in [1.807, 2.05) is 24.3 Å². The predicted octanol–water partition coefficient (Wildman–Crippen LogP) is 3.37. The van der Waals surface area contributed by atoms with Crippen molar-refractivity contribution in [3.8, 4) is 5.75 Å². The van der Waals surface area contributed by atoms with E-state index in [1.165, 1.54) is 11.1 Å². The van der Waals surface area contributed by atoms with Crippen molar-refractivity contribution in [3.05, 3.63) is 65.2 Å². The third-order valence-corrected chi connectivity index (χ3v) is 3.98. The number of carbonyl (C=O) groups is 1. The lowest BCUT2D eigenvalue weighted by atomic mass is 10.1. The Bertz CT molecular complexity index is 624. The molecular formula is C19H21NO2. The van der Waals surface area contributed by atoms with Crippen LogP contribution in [-0.2, 0) is 12.8 Å². The molecule has 3 rings (SSSR count). The first-order chi connectivity index (χ1) is 10.8. The van der Waals surface area contributed by atoms with Crippen molar-refractivity contribution in [1.29, 1.82) is 0 Å².